The third-order valence-electron chi connectivity index (χ3n) is 3.60. The van der Waals surface area contributed by atoms with Crippen molar-refractivity contribution in [1.82, 2.24) is 0 Å². The molecule has 0 bridgehead atoms. The van der Waals surface area contributed by atoms with E-state index in [0.717, 1.165) is 22.7 Å². The summed E-state index contributed by atoms with van der Waals surface area (Å²) < 4.78 is 43.5. The highest BCUT2D eigenvalue weighted by molar-refractivity contribution is 9.10. The highest BCUT2D eigenvalue weighted by atomic mass is 79.9. The molecule has 6 nitrogen and oxygen atoms in total. The van der Waals surface area contributed by atoms with E-state index in [4.69, 9.17) is 16.3 Å². The molecule has 160 valence electrons. The first kappa shape index (κ1) is 23.7. The summed E-state index contributed by atoms with van der Waals surface area (Å²) >= 11 is 9.19. The van der Waals surface area contributed by atoms with Gasteiger partial charge in [-0.25, -0.2) is 0 Å². The van der Waals surface area contributed by atoms with E-state index in [2.05, 4.69) is 26.6 Å². The summed E-state index contributed by atoms with van der Waals surface area (Å²) in [5.41, 5.74) is -0.619. The molecule has 0 aliphatic heterocycles. The van der Waals surface area contributed by atoms with Crippen molar-refractivity contribution < 1.29 is 32.3 Å². The highest BCUT2D eigenvalue weighted by Gasteiger charge is 2.30. The van der Waals surface area contributed by atoms with Crippen molar-refractivity contribution in [2.45, 2.75) is 19.0 Å². The fourth-order valence-electron chi connectivity index (χ4n) is 2.21. The Bertz CT molecular complexity index is 954. The molecule has 2 aromatic carbocycles. The molecule has 0 atom stereocenters. The van der Waals surface area contributed by atoms with Crippen LogP contribution in [0.3, 0.4) is 0 Å². The topological polar surface area (TPSA) is 84.5 Å². The van der Waals surface area contributed by atoms with Crippen LogP contribution in [0.5, 0.6) is 0 Å². The van der Waals surface area contributed by atoms with Gasteiger partial charge in [0.1, 0.15) is 0 Å². The van der Waals surface area contributed by atoms with Gasteiger partial charge in [0.25, 0.3) is 5.91 Å². The zero-order chi connectivity index (χ0) is 22.3. The van der Waals surface area contributed by atoms with Crippen LogP contribution < -0.4 is 10.6 Å². The molecule has 2 rings (SSSR count). The zero-order valence-corrected chi connectivity index (χ0v) is 17.5. The Labute approximate surface area is 182 Å². The first-order valence-electron chi connectivity index (χ1n) is 8.42. The molecule has 0 spiro atoms. The van der Waals surface area contributed by atoms with E-state index in [0.29, 0.717) is 5.69 Å². The van der Waals surface area contributed by atoms with Gasteiger partial charge >= 0.3 is 12.1 Å². The molecule has 2 N–H and O–H groups in total. The molecule has 30 heavy (non-hydrogen) atoms. The molecule has 0 aliphatic rings. The third kappa shape index (κ3) is 7.68. The molecule has 0 saturated carbocycles. The van der Waals surface area contributed by atoms with Crippen LogP contribution in [0.4, 0.5) is 24.5 Å². The predicted octanol–water partition coefficient (Wildman–Crippen LogP) is 5.02. The lowest BCUT2D eigenvalue weighted by atomic mass is 10.2. The number of rotatable bonds is 7. The Balaban J connectivity index is 1.75. The molecule has 2 aromatic rings. The van der Waals surface area contributed by atoms with E-state index in [1.165, 1.54) is 6.07 Å². The number of amides is 2. The number of halogens is 5. The number of carbonyl (C=O) groups excluding carboxylic acids is 3. The van der Waals surface area contributed by atoms with E-state index in [1.54, 1.807) is 18.2 Å². The molecule has 0 saturated heterocycles. The van der Waals surface area contributed by atoms with Crippen molar-refractivity contribution in [2.24, 2.45) is 0 Å². The van der Waals surface area contributed by atoms with Crippen molar-refractivity contribution >= 4 is 56.7 Å². The Morgan fingerprint density at radius 1 is 1.00 bits per heavy atom. The van der Waals surface area contributed by atoms with Crippen molar-refractivity contribution in [3.8, 4) is 0 Å². The lowest BCUT2D eigenvalue weighted by Crippen LogP contribution is -2.22. The SMILES string of the molecule is O=C(CCC(=O)OCC(=O)Nc1ccc(Br)cc1Cl)Nc1cccc(C(F)(F)F)c1. The van der Waals surface area contributed by atoms with E-state index < -0.39 is 36.1 Å². The van der Waals surface area contributed by atoms with Crippen molar-refractivity contribution in [3.63, 3.8) is 0 Å². The standard InChI is InChI=1S/C19H15BrClF3N2O4/c20-12-4-5-15(14(21)9-12)26-17(28)10-30-18(29)7-6-16(27)25-13-3-1-2-11(8-13)19(22,23)24/h1-5,8-9H,6-7,10H2,(H,25,27)(H,26,28). The molecule has 0 aliphatic carbocycles. The summed E-state index contributed by atoms with van der Waals surface area (Å²) in [6.07, 6.45) is -5.21. The van der Waals surface area contributed by atoms with Gasteiger partial charge in [-0.05, 0) is 36.4 Å². The van der Waals surface area contributed by atoms with Crippen LogP contribution in [0.1, 0.15) is 18.4 Å². The van der Waals surface area contributed by atoms with E-state index in [1.807, 2.05) is 0 Å². The Morgan fingerprint density at radius 2 is 1.73 bits per heavy atom. The molecule has 0 aromatic heterocycles. The zero-order valence-electron chi connectivity index (χ0n) is 15.2. The average molecular weight is 508 g/mol. The second kappa shape index (κ2) is 10.4. The summed E-state index contributed by atoms with van der Waals surface area (Å²) in [6.45, 7) is -0.583. The number of hydrogen-bond acceptors (Lipinski definition) is 4. The number of carbonyl (C=O) groups is 3. The van der Waals surface area contributed by atoms with E-state index in [9.17, 15) is 27.6 Å². The minimum absolute atomic E-state index is 0.0473. The Morgan fingerprint density at radius 3 is 2.40 bits per heavy atom. The fraction of sp³-hybridized carbons (Fsp3) is 0.211. The maximum Gasteiger partial charge on any atom is 0.416 e. The van der Waals surface area contributed by atoms with Crippen molar-refractivity contribution in [1.29, 1.82) is 0 Å². The first-order chi connectivity index (χ1) is 14.0. The monoisotopic (exact) mass is 506 g/mol. The van der Waals surface area contributed by atoms with Gasteiger partial charge in [0.2, 0.25) is 5.91 Å². The van der Waals surface area contributed by atoms with Gasteiger partial charge in [0, 0.05) is 16.6 Å². The number of esters is 1. The lowest BCUT2D eigenvalue weighted by molar-refractivity contribution is -0.147. The second-order valence-electron chi connectivity index (χ2n) is 5.96. The van der Waals surface area contributed by atoms with Gasteiger partial charge in [-0.1, -0.05) is 33.6 Å². The number of benzene rings is 2. The molecule has 0 fully saturated rings. The van der Waals surface area contributed by atoms with Crippen LogP contribution in [-0.4, -0.2) is 24.4 Å². The van der Waals surface area contributed by atoms with Crippen LogP contribution >= 0.6 is 27.5 Å². The van der Waals surface area contributed by atoms with Gasteiger partial charge in [-0.2, -0.15) is 13.2 Å². The highest BCUT2D eigenvalue weighted by Crippen LogP contribution is 2.30. The van der Waals surface area contributed by atoms with Crippen molar-refractivity contribution in [3.05, 3.63) is 57.5 Å². The van der Waals surface area contributed by atoms with E-state index in [-0.39, 0.29) is 23.6 Å². The number of nitrogens with one attached hydrogen (secondary N) is 2. The number of ether oxygens (including phenoxy) is 1. The second-order valence-corrected chi connectivity index (χ2v) is 7.28. The smallest absolute Gasteiger partial charge is 0.416 e. The van der Waals surface area contributed by atoms with Crippen LogP contribution in [0.25, 0.3) is 0 Å². The van der Waals surface area contributed by atoms with Gasteiger partial charge < -0.3 is 15.4 Å². The normalized spacial score (nSPS) is 11.0. The molecular weight excluding hydrogens is 493 g/mol. The third-order valence-corrected chi connectivity index (χ3v) is 4.41. The summed E-state index contributed by atoms with van der Waals surface area (Å²) in [6, 6.07) is 8.91. The lowest BCUT2D eigenvalue weighted by Gasteiger charge is -2.10. The maximum absolute atomic E-state index is 12.7. The molecule has 0 unspecified atom stereocenters. The van der Waals surface area contributed by atoms with Crippen LogP contribution in [-0.2, 0) is 25.3 Å². The first-order valence-corrected chi connectivity index (χ1v) is 9.59. The van der Waals surface area contributed by atoms with Gasteiger partial charge in [-0.3, -0.25) is 14.4 Å². The van der Waals surface area contributed by atoms with Crippen LogP contribution in [0.15, 0.2) is 46.9 Å². The molecule has 0 radical (unpaired) electrons. The molecule has 2 amide bonds. The van der Waals surface area contributed by atoms with Crippen LogP contribution in [0, 0.1) is 0 Å². The minimum Gasteiger partial charge on any atom is -0.456 e. The van der Waals surface area contributed by atoms with Crippen molar-refractivity contribution in [2.75, 3.05) is 17.2 Å². The number of hydrogen-bond donors (Lipinski definition) is 2. The molecule has 11 heteroatoms. The summed E-state index contributed by atoms with van der Waals surface area (Å²) in [7, 11) is 0. The summed E-state index contributed by atoms with van der Waals surface area (Å²) in [5.74, 6) is -2.11. The largest absolute Gasteiger partial charge is 0.456 e. The van der Waals surface area contributed by atoms with Gasteiger partial charge in [-0.15, -0.1) is 0 Å². The summed E-state index contributed by atoms with van der Waals surface area (Å²) in [4.78, 5) is 35.3. The average Bonchev–Trinajstić information content (AvgIpc) is 2.66. The minimum atomic E-state index is -4.54. The number of anilines is 2. The maximum atomic E-state index is 12.7. The molecule has 0 heterocycles. The Hall–Kier alpha value is -2.59. The molecular formula is C19H15BrClF3N2O4. The summed E-state index contributed by atoms with van der Waals surface area (Å²) in [5, 5.41) is 5.03. The fourth-order valence-corrected chi connectivity index (χ4v) is 2.93. The van der Waals surface area contributed by atoms with Gasteiger partial charge in [0.15, 0.2) is 6.61 Å². The quantitative estimate of drug-likeness (QED) is 0.515. The van der Waals surface area contributed by atoms with Gasteiger partial charge in [0.05, 0.1) is 22.7 Å². The number of alkyl halides is 3. The van der Waals surface area contributed by atoms with Crippen LogP contribution in [0.2, 0.25) is 5.02 Å². The predicted molar refractivity (Wildman–Crippen MR) is 108 cm³/mol. The Kier molecular flexibility index (Phi) is 8.24. The van der Waals surface area contributed by atoms with E-state index >= 15 is 0 Å².